The van der Waals surface area contributed by atoms with Crippen LogP contribution >= 0.6 is 11.6 Å². The lowest BCUT2D eigenvalue weighted by Crippen LogP contribution is -2.31. The zero-order valence-corrected chi connectivity index (χ0v) is 14.5. The highest BCUT2D eigenvalue weighted by Crippen LogP contribution is 2.73. The summed E-state index contributed by atoms with van der Waals surface area (Å²) in [6.07, 6.45) is 1.43. The number of ketones is 1. The van der Waals surface area contributed by atoms with Gasteiger partial charge in [-0.2, -0.15) is 5.26 Å². The molecule has 0 saturated heterocycles. The van der Waals surface area contributed by atoms with E-state index in [1.807, 2.05) is 24.3 Å². The van der Waals surface area contributed by atoms with Gasteiger partial charge in [0.2, 0.25) is 0 Å². The Morgan fingerprint density at radius 3 is 2.58 bits per heavy atom. The molecule has 0 spiro atoms. The summed E-state index contributed by atoms with van der Waals surface area (Å²) < 4.78 is 5.12. The molecule has 0 amide bonds. The van der Waals surface area contributed by atoms with Crippen LogP contribution < -0.4 is 0 Å². The summed E-state index contributed by atoms with van der Waals surface area (Å²) in [5, 5.41) is 10.4. The molecule has 0 aliphatic heterocycles. The molecule has 2 saturated carbocycles. The van der Waals surface area contributed by atoms with E-state index in [-0.39, 0.29) is 23.6 Å². The van der Waals surface area contributed by atoms with Crippen molar-refractivity contribution in [2.24, 2.45) is 29.1 Å². The fourth-order valence-electron chi connectivity index (χ4n) is 4.72. The van der Waals surface area contributed by atoms with E-state index < -0.39 is 17.3 Å². The fourth-order valence-corrected chi connectivity index (χ4v) is 4.84. The van der Waals surface area contributed by atoms with Crippen molar-refractivity contribution >= 4 is 23.4 Å². The monoisotopic (exact) mass is 345 g/mol. The van der Waals surface area contributed by atoms with Crippen LogP contribution in [0, 0.1) is 40.4 Å². The zero-order valence-electron chi connectivity index (χ0n) is 13.8. The van der Waals surface area contributed by atoms with Crippen molar-refractivity contribution in [1.29, 1.82) is 5.26 Å². The minimum Gasteiger partial charge on any atom is -0.466 e. The second kappa shape index (κ2) is 6.22. The minimum atomic E-state index is -0.835. The van der Waals surface area contributed by atoms with E-state index in [1.54, 1.807) is 6.92 Å². The van der Waals surface area contributed by atoms with Gasteiger partial charge in [0, 0.05) is 5.02 Å². The van der Waals surface area contributed by atoms with Gasteiger partial charge in [-0.25, -0.2) is 0 Å². The summed E-state index contributed by atoms with van der Waals surface area (Å²) in [6.45, 7) is 3.55. The Morgan fingerprint density at radius 1 is 1.38 bits per heavy atom. The average molecular weight is 346 g/mol. The summed E-state index contributed by atoms with van der Waals surface area (Å²) in [4.78, 5) is 24.6. The quantitative estimate of drug-likeness (QED) is 0.767. The predicted octanol–water partition coefficient (Wildman–Crippen LogP) is 3.43. The molecule has 0 bridgehead atoms. The van der Waals surface area contributed by atoms with Crippen LogP contribution in [0.1, 0.15) is 25.8 Å². The topological polar surface area (TPSA) is 67.2 Å². The smallest absolute Gasteiger partial charge is 0.310 e. The lowest BCUT2D eigenvalue weighted by Gasteiger charge is -2.24. The maximum absolute atomic E-state index is 12.4. The van der Waals surface area contributed by atoms with Gasteiger partial charge >= 0.3 is 5.97 Å². The van der Waals surface area contributed by atoms with Gasteiger partial charge in [-0.15, -0.1) is 0 Å². The highest BCUT2D eigenvalue weighted by molar-refractivity contribution is 6.30. The van der Waals surface area contributed by atoms with Crippen LogP contribution in [0.3, 0.4) is 0 Å². The maximum atomic E-state index is 12.4. The van der Waals surface area contributed by atoms with Gasteiger partial charge in [-0.05, 0) is 56.2 Å². The molecular weight excluding hydrogens is 326 g/mol. The number of benzene rings is 1. The summed E-state index contributed by atoms with van der Waals surface area (Å²) in [5.41, 5.74) is 0.260. The summed E-state index contributed by atoms with van der Waals surface area (Å²) in [7, 11) is 0. The second-order valence-corrected chi connectivity index (χ2v) is 7.19. The Bertz CT molecular complexity index is 708. The number of halogens is 1. The zero-order chi connectivity index (χ0) is 17.5. The SMILES string of the molecule is CCOC(=O)C1C2CC(Cc3ccc(Cl)cc3)C(C#N)C21C(C)=O. The third-order valence-electron chi connectivity index (χ3n) is 5.66. The number of esters is 1. The largest absolute Gasteiger partial charge is 0.466 e. The number of carbonyl (C=O) groups excluding carboxylic acids is 2. The van der Waals surface area contributed by atoms with E-state index in [9.17, 15) is 14.9 Å². The summed E-state index contributed by atoms with van der Waals surface area (Å²) in [6, 6.07) is 9.89. The summed E-state index contributed by atoms with van der Waals surface area (Å²) >= 11 is 5.91. The Balaban J connectivity index is 1.83. The number of nitrogens with zero attached hydrogens (tertiary/aromatic N) is 1. The molecule has 3 rings (SSSR count). The molecule has 2 fully saturated rings. The van der Waals surface area contributed by atoms with E-state index in [2.05, 4.69) is 6.07 Å². The average Bonchev–Trinajstić information content (AvgIpc) is 3.09. The molecule has 5 atom stereocenters. The lowest BCUT2D eigenvalue weighted by molar-refractivity contribution is -0.148. The van der Waals surface area contributed by atoms with Crippen molar-refractivity contribution in [3.05, 3.63) is 34.9 Å². The van der Waals surface area contributed by atoms with Crippen molar-refractivity contribution in [3.63, 3.8) is 0 Å². The Morgan fingerprint density at radius 2 is 2.04 bits per heavy atom. The van der Waals surface area contributed by atoms with Crippen molar-refractivity contribution in [2.45, 2.75) is 26.7 Å². The van der Waals surface area contributed by atoms with Crippen molar-refractivity contribution in [1.82, 2.24) is 0 Å². The van der Waals surface area contributed by atoms with Gasteiger partial charge < -0.3 is 4.74 Å². The van der Waals surface area contributed by atoms with Crippen molar-refractivity contribution in [2.75, 3.05) is 6.61 Å². The third kappa shape index (κ3) is 2.43. The van der Waals surface area contributed by atoms with Gasteiger partial charge in [0.1, 0.15) is 5.78 Å². The number of hydrogen-bond donors (Lipinski definition) is 0. The van der Waals surface area contributed by atoms with E-state index in [0.29, 0.717) is 18.1 Å². The first-order valence-electron chi connectivity index (χ1n) is 8.28. The molecule has 5 unspecified atom stereocenters. The maximum Gasteiger partial charge on any atom is 0.310 e. The Kier molecular flexibility index (Phi) is 4.40. The van der Waals surface area contributed by atoms with Crippen LogP contribution in [0.25, 0.3) is 0 Å². The predicted molar refractivity (Wildman–Crippen MR) is 89.1 cm³/mol. The molecule has 4 nitrogen and oxygen atoms in total. The number of hydrogen-bond acceptors (Lipinski definition) is 4. The molecule has 1 aromatic rings. The molecule has 2 aliphatic carbocycles. The number of rotatable bonds is 5. The molecule has 5 heteroatoms. The minimum absolute atomic E-state index is 0.0593. The first-order valence-corrected chi connectivity index (χ1v) is 8.66. The fraction of sp³-hybridized carbons (Fsp3) is 0.526. The first-order chi connectivity index (χ1) is 11.5. The normalized spacial score (nSPS) is 33.4. The summed E-state index contributed by atoms with van der Waals surface area (Å²) in [5.74, 6) is -1.25. The van der Waals surface area contributed by atoms with Crippen LogP contribution in [-0.2, 0) is 20.7 Å². The molecule has 0 heterocycles. The number of ether oxygens (including phenoxy) is 1. The highest BCUT2D eigenvalue weighted by atomic mass is 35.5. The molecule has 126 valence electrons. The highest BCUT2D eigenvalue weighted by Gasteiger charge is 2.79. The Hall–Kier alpha value is -1.86. The molecule has 24 heavy (non-hydrogen) atoms. The molecule has 0 radical (unpaired) electrons. The second-order valence-electron chi connectivity index (χ2n) is 6.76. The Labute approximate surface area is 146 Å². The number of nitriles is 1. The van der Waals surface area contributed by atoms with Gasteiger partial charge in [0.15, 0.2) is 0 Å². The van der Waals surface area contributed by atoms with Gasteiger partial charge in [-0.3, -0.25) is 9.59 Å². The number of carbonyl (C=O) groups is 2. The first kappa shape index (κ1) is 17.0. The van der Waals surface area contributed by atoms with Crippen LogP contribution in [0.2, 0.25) is 5.02 Å². The molecular formula is C19H20ClNO3. The van der Waals surface area contributed by atoms with Crippen LogP contribution in [0.4, 0.5) is 0 Å². The van der Waals surface area contributed by atoms with Gasteiger partial charge in [0.05, 0.1) is 29.9 Å². The molecule has 2 aliphatic rings. The van der Waals surface area contributed by atoms with Crippen LogP contribution in [-0.4, -0.2) is 18.4 Å². The van der Waals surface area contributed by atoms with E-state index in [4.69, 9.17) is 16.3 Å². The van der Waals surface area contributed by atoms with E-state index in [1.165, 1.54) is 6.92 Å². The van der Waals surface area contributed by atoms with Crippen molar-refractivity contribution in [3.8, 4) is 6.07 Å². The van der Waals surface area contributed by atoms with Crippen LogP contribution in [0.15, 0.2) is 24.3 Å². The number of fused-ring (bicyclic) bond motifs is 1. The standard InChI is InChI=1S/C19H20ClNO3/c1-3-24-18(23)17-15-9-13(8-12-4-6-14(20)7-5-12)16(10-21)19(15,17)11(2)22/h4-7,13,15-17H,3,8-9H2,1-2H3. The van der Waals surface area contributed by atoms with Gasteiger partial charge in [-0.1, -0.05) is 23.7 Å². The number of Topliss-reactive ketones (excluding diaryl/α,β-unsaturated/α-hetero) is 1. The van der Waals surface area contributed by atoms with Crippen molar-refractivity contribution < 1.29 is 14.3 Å². The van der Waals surface area contributed by atoms with Gasteiger partial charge in [0.25, 0.3) is 0 Å². The van der Waals surface area contributed by atoms with E-state index >= 15 is 0 Å². The van der Waals surface area contributed by atoms with Crippen LogP contribution in [0.5, 0.6) is 0 Å². The molecule has 0 aromatic heterocycles. The lowest BCUT2D eigenvalue weighted by atomic mass is 9.77. The third-order valence-corrected chi connectivity index (χ3v) is 5.92. The van der Waals surface area contributed by atoms with E-state index in [0.717, 1.165) is 12.0 Å². The molecule has 1 aromatic carbocycles. The molecule has 0 N–H and O–H groups in total.